The van der Waals surface area contributed by atoms with Gasteiger partial charge in [-0.1, -0.05) is 0 Å². The van der Waals surface area contributed by atoms with Crippen molar-refractivity contribution in [1.29, 1.82) is 0 Å². The van der Waals surface area contributed by atoms with Crippen LogP contribution in [0.1, 0.15) is 51.9 Å². The van der Waals surface area contributed by atoms with Crippen molar-refractivity contribution in [3.8, 4) is 0 Å². The molecule has 22 heavy (non-hydrogen) atoms. The molecule has 1 amide bonds. The molecule has 5 heteroatoms. The number of halogens is 1. The van der Waals surface area contributed by atoms with Crippen molar-refractivity contribution in [2.45, 2.75) is 70.1 Å². The Morgan fingerprint density at radius 1 is 1.23 bits per heavy atom. The number of hydrogen-bond acceptors (Lipinski definition) is 3. The third-order valence-electron chi connectivity index (χ3n) is 5.36. The number of rotatable bonds is 2. The largest absolute Gasteiger partial charge is 0.385 e. The van der Waals surface area contributed by atoms with Crippen LogP contribution < -0.4 is 10.6 Å². The molecule has 3 atom stereocenters. The molecule has 0 bridgehead atoms. The summed E-state index contributed by atoms with van der Waals surface area (Å²) in [5.41, 5.74) is 0.928. The minimum absolute atomic E-state index is 0.0554. The first-order valence-electron chi connectivity index (χ1n) is 8.46. The second-order valence-electron chi connectivity index (χ2n) is 7.05. The Balaban J connectivity index is 1.55. The Bertz CT molecular complexity index is 483. The maximum absolute atomic E-state index is 13.1. The molecular formula is C17H25FN2O2. The van der Waals surface area contributed by atoms with Gasteiger partial charge in [0.25, 0.3) is 0 Å². The molecule has 0 radical (unpaired) electrons. The van der Waals surface area contributed by atoms with E-state index in [9.17, 15) is 14.0 Å². The minimum atomic E-state index is -0.704. The molecule has 2 N–H and O–H groups in total. The zero-order chi connectivity index (χ0) is 15.7. The van der Waals surface area contributed by atoms with Crippen molar-refractivity contribution in [3.05, 3.63) is 11.8 Å². The lowest BCUT2D eigenvalue weighted by atomic mass is 9.74. The van der Waals surface area contributed by atoms with Crippen LogP contribution in [-0.2, 0) is 9.59 Å². The van der Waals surface area contributed by atoms with E-state index in [1.165, 1.54) is 0 Å². The topological polar surface area (TPSA) is 58.2 Å². The van der Waals surface area contributed by atoms with Gasteiger partial charge in [0, 0.05) is 35.7 Å². The van der Waals surface area contributed by atoms with Crippen molar-refractivity contribution >= 4 is 11.7 Å². The molecule has 2 aliphatic carbocycles. The van der Waals surface area contributed by atoms with Gasteiger partial charge in [0.05, 0.1) is 0 Å². The fraction of sp³-hybridized carbons (Fsp3) is 0.765. The molecule has 122 valence electrons. The summed E-state index contributed by atoms with van der Waals surface area (Å²) in [7, 11) is 0. The Kier molecular flexibility index (Phi) is 4.50. The fourth-order valence-corrected chi connectivity index (χ4v) is 4.07. The molecule has 2 fully saturated rings. The summed E-state index contributed by atoms with van der Waals surface area (Å²) in [6.07, 6.45) is 5.82. The number of fused-ring (bicyclic) bond motifs is 1. The lowest BCUT2D eigenvalue weighted by Gasteiger charge is -2.38. The number of nitrogens with one attached hydrogen (secondary N) is 2. The van der Waals surface area contributed by atoms with E-state index in [1.807, 2.05) is 6.92 Å². The molecule has 0 aromatic heterocycles. The van der Waals surface area contributed by atoms with Crippen LogP contribution in [0.25, 0.3) is 0 Å². The molecular weight excluding hydrogens is 283 g/mol. The van der Waals surface area contributed by atoms with Gasteiger partial charge in [0.15, 0.2) is 5.78 Å². The molecule has 0 aromatic carbocycles. The van der Waals surface area contributed by atoms with Gasteiger partial charge < -0.3 is 10.6 Å². The van der Waals surface area contributed by atoms with Crippen molar-refractivity contribution in [2.24, 2.45) is 11.8 Å². The monoisotopic (exact) mass is 308 g/mol. The van der Waals surface area contributed by atoms with Gasteiger partial charge in [0.2, 0.25) is 5.91 Å². The van der Waals surface area contributed by atoms with E-state index >= 15 is 0 Å². The van der Waals surface area contributed by atoms with Gasteiger partial charge in [-0.05, 0) is 51.9 Å². The number of carbonyl (C=O) groups excluding carboxylic acids is 2. The van der Waals surface area contributed by atoms with Crippen LogP contribution in [0.3, 0.4) is 0 Å². The van der Waals surface area contributed by atoms with Crippen LogP contribution in [0.15, 0.2) is 11.8 Å². The van der Waals surface area contributed by atoms with Gasteiger partial charge in [-0.15, -0.1) is 0 Å². The highest BCUT2D eigenvalue weighted by Crippen LogP contribution is 2.33. The van der Waals surface area contributed by atoms with E-state index in [0.29, 0.717) is 19.3 Å². The summed E-state index contributed by atoms with van der Waals surface area (Å²) in [6, 6.07) is 0.295. The highest BCUT2D eigenvalue weighted by molar-refractivity contribution is 5.94. The Hall–Kier alpha value is -1.39. The molecule has 3 aliphatic rings. The van der Waals surface area contributed by atoms with Crippen LogP contribution in [-0.4, -0.2) is 29.9 Å². The highest BCUT2D eigenvalue weighted by atomic mass is 19.1. The zero-order valence-corrected chi connectivity index (χ0v) is 13.1. The first-order chi connectivity index (χ1) is 10.5. The van der Waals surface area contributed by atoms with Crippen molar-refractivity contribution in [1.82, 2.24) is 10.6 Å². The van der Waals surface area contributed by atoms with E-state index < -0.39 is 6.17 Å². The first-order valence-corrected chi connectivity index (χ1v) is 8.46. The Morgan fingerprint density at radius 2 is 1.95 bits per heavy atom. The summed E-state index contributed by atoms with van der Waals surface area (Å²) < 4.78 is 13.1. The average Bonchev–Trinajstić information content (AvgIpc) is 2.49. The number of hydrogen-bond donors (Lipinski definition) is 2. The maximum Gasteiger partial charge on any atom is 0.223 e. The van der Waals surface area contributed by atoms with Gasteiger partial charge >= 0.3 is 0 Å². The second kappa shape index (κ2) is 6.39. The fourth-order valence-electron chi connectivity index (χ4n) is 4.07. The summed E-state index contributed by atoms with van der Waals surface area (Å²) in [5, 5.41) is 6.44. The molecule has 4 nitrogen and oxygen atoms in total. The van der Waals surface area contributed by atoms with Crippen molar-refractivity contribution < 1.29 is 14.0 Å². The standard InChI is InChI=1S/C17H25FN2O2/c1-10-8-16(21)14-9-11(2-7-15(14)19-10)17(22)20-13-5-3-12(18)4-6-13/h8,11-15,19H,2-7,9H2,1H3,(H,20,22). The van der Waals surface area contributed by atoms with Crippen LogP contribution >= 0.6 is 0 Å². The van der Waals surface area contributed by atoms with Crippen molar-refractivity contribution in [3.63, 3.8) is 0 Å². The second-order valence-corrected chi connectivity index (χ2v) is 7.05. The van der Waals surface area contributed by atoms with E-state index in [4.69, 9.17) is 0 Å². The lowest BCUT2D eigenvalue weighted by Crippen LogP contribution is -2.50. The van der Waals surface area contributed by atoms with Gasteiger partial charge in [0.1, 0.15) is 6.17 Å². The number of alkyl halides is 1. The number of amides is 1. The molecule has 2 saturated carbocycles. The predicted octanol–water partition coefficient (Wildman–Crippen LogP) is 2.24. The van der Waals surface area contributed by atoms with E-state index in [-0.39, 0.29) is 35.6 Å². The summed E-state index contributed by atoms with van der Waals surface area (Å²) in [5.74, 6) is 0.0493. The predicted molar refractivity (Wildman–Crippen MR) is 81.8 cm³/mol. The van der Waals surface area contributed by atoms with Crippen LogP contribution in [0.4, 0.5) is 4.39 Å². The van der Waals surface area contributed by atoms with Crippen molar-refractivity contribution in [2.75, 3.05) is 0 Å². The van der Waals surface area contributed by atoms with Gasteiger partial charge in [-0.2, -0.15) is 0 Å². The normalized spacial score (nSPS) is 38.5. The highest BCUT2D eigenvalue weighted by Gasteiger charge is 2.39. The Morgan fingerprint density at radius 3 is 2.68 bits per heavy atom. The molecule has 3 rings (SSSR count). The zero-order valence-electron chi connectivity index (χ0n) is 13.1. The van der Waals surface area contributed by atoms with Crippen LogP contribution in [0, 0.1) is 11.8 Å². The summed E-state index contributed by atoms with van der Waals surface area (Å²) in [4.78, 5) is 24.6. The van der Waals surface area contributed by atoms with Gasteiger partial charge in [-0.3, -0.25) is 9.59 Å². The summed E-state index contributed by atoms with van der Waals surface area (Å²) in [6.45, 7) is 1.91. The quantitative estimate of drug-likeness (QED) is 0.822. The number of ketones is 1. The van der Waals surface area contributed by atoms with Crippen LogP contribution in [0.5, 0.6) is 0 Å². The van der Waals surface area contributed by atoms with E-state index in [1.54, 1.807) is 6.08 Å². The molecule has 1 heterocycles. The van der Waals surface area contributed by atoms with Crippen LogP contribution in [0.2, 0.25) is 0 Å². The maximum atomic E-state index is 13.1. The number of carbonyl (C=O) groups is 2. The molecule has 1 aliphatic heterocycles. The van der Waals surface area contributed by atoms with Gasteiger partial charge in [-0.25, -0.2) is 4.39 Å². The molecule has 3 unspecified atom stereocenters. The molecule has 0 spiro atoms. The first kappa shape index (κ1) is 15.5. The minimum Gasteiger partial charge on any atom is -0.385 e. The lowest BCUT2D eigenvalue weighted by molar-refractivity contribution is -0.129. The molecule has 0 aromatic rings. The molecule has 0 saturated heterocycles. The third-order valence-corrected chi connectivity index (χ3v) is 5.36. The van der Waals surface area contributed by atoms with E-state index in [0.717, 1.165) is 31.4 Å². The SMILES string of the molecule is CC1=CC(=O)C2CC(C(=O)NC3CCC(F)CC3)CCC2N1. The number of allylic oxidation sites excluding steroid dienone is 2. The Labute approximate surface area is 130 Å². The average molecular weight is 308 g/mol. The third kappa shape index (κ3) is 3.33. The van der Waals surface area contributed by atoms with E-state index in [2.05, 4.69) is 10.6 Å². The summed E-state index contributed by atoms with van der Waals surface area (Å²) >= 11 is 0. The smallest absolute Gasteiger partial charge is 0.223 e.